The second-order valence-electron chi connectivity index (χ2n) is 4.38. The molecular weight excluding hydrogens is 230 g/mol. The minimum absolute atomic E-state index is 0.384. The van der Waals surface area contributed by atoms with Gasteiger partial charge in [0.15, 0.2) is 0 Å². The highest BCUT2D eigenvalue weighted by Gasteiger charge is 2.14. The van der Waals surface area contributed by atoms with E-state index in [0.717, 1.165) is 25.0 Å². The molecule has 1 atom stereocenters. The molecule has 0 saturated heterocycles. The van der Waals surface area contributed by atoms with E-state index in [2.05, 4.69) is 27.4 Å². The summed E-state index contributed by atoms with van der Waals surface area (Å²) in [5.74, 6) is 1.26. The summed E-state index contributed by atoms with van der Waals surface area (Å²) < 4.78 is 7.15. The number of nitrogens with one attached hydrogen (secondary N) is 1. The van der Waals surface area contributed by atoms with Crippen molar-refractivity contribution in [1.82, 2.24) is 25.0 Å². The van der Waals surface area contributed by atoms with Crippen LogP contribution in [0.2, 0.25) is 0 Å². The largest absolute Gasteiger partial charge is 0.339 e. The normalized spacial score (nSPS) is 12.8. The van der Waals surface area contributed by atoms with Crippen LogP contribution in [0.15, 0.2) is 17.0 Å². The number of aryl methyl sites for hydroxylation is 1. The molecule has 0 aliphatic carbocycles. The zero-order valence-electron chi connectivity index (χ0n) is 11.1. The fraction of sp³-hybridized carbons (Fsp3) is 0.583. The summed E-state index contributed by atoms with van der Waals surface area (Å²) in [6.45, 7) is 2.17. The lowest BCUT2D eigenvalue weighted by Crippen LogP contribution is -2.27. The van der Waals surface area contributed by atoms with Crippen molar-refractivity contribution in [3.05, 3.63) is 18.4 Å². The lowest BCUT2D eigenvalue weighted by molar-refractivity contribution is 0.356. The average Bonchev–Trinajstić information content (AvgIpc) is 2.97. The summed E-state index contributed by atoms with van der Waals surface area (Å²) in [6.07, 6.45) is 6.44. The van der Waals surface area contributed by atoms with Gasteiger partial charge in [-0.15, -0.1) is 0 Å². The van der Waals surface area contributed by atoms with Crippen molar-refractivity contribution in [1.29, 1.82) is 0 Å². The number of nitrogens with zero attached hydrogens (tertiary/aromatic N) is 4. The molecule has 0 fully saturated rings. The van der Waals surface area contributed by atoms with Crippen molar-refractivity contribution in [3.63, 3.8) is 0 Å². The van der Waals surface area contributed by atoms with Crippen LogP contribution < -0.4 is 5.32 Å². The highest BCUT2D eigenvalue weighted by atomic mass is 16.5. The standard InChI is InChI=1S/C12H19N5O/c1-4-5-9(13-2)6-11-15-12(16-18-11)10-7-14-8-17(10)3/h7-9,13H,4-6H2,1-3H3. The van der Waals surface area contributed by atoms with Crippen LogP contribution in [0.5, 0.6) is 0 Å². The third-order valence-corrected chi connectivity index (χ3v) is 2.98. The molecule has 6 nitrogen and oxygen atoms in total. The van der Waals surface area contributed by atoms with Gasteiger partial charge >= 0.3 is 0 Å². The lowest BCUT2D eigenvalue weighted by Gasteiger charge is -2.11. The van der Waals surface area contributed by atoms with Gasteiger partial charge in [0.1, 0.15) is 5.69 Å². The van der Waals surface area contributed by atoms with E-state index in [1.165, 1.54) is 0 Å². The van der Waals surface area contributed by atoms with Gasteiger partial charge in [0, 0.05) is 19.5 Å². The average molecular weight is 249 g/mol. The van der Waals surface area contributed by atoms with E-state index >= 15 is 0 Å². The molecule has 0 spiro atoms. The first-order chi connectivity index (χ1) is 8.74. The molecule has 2 aromatic rings. The van der Waals surface area contributed by atoms with E-state index < -0.39 is 0 Å². The van der Waals surface area contributed by atoms with E-state index in [9.17, 15) is 0 Å². The first-order valence-corrected chi connectivity index (χ1v) is 6.21. The smallest absolute Gasteiger partial charge is 0.228 e. The van der Waals surface area contributed by atoms with Crippen LogP contribution in [-0.4, -0.2) is 32.8 Å². The zero-order chi connectivity index (χ0) is 13.0. The van der Waals surface area contributed by atoms with Gasteiger partial charge in [-0.3, -0.25) is 0 Å². The van der Waals surface area contributed by atoms with Gasteiger partial charge in [0.25, 0.3) is 0 Å². The molecule has 18 heavy (non-hydrogen) atoms. The molecule has 0 radical (unpaired) electrons. The molecule has 0 bridgehead atoms. The Morgan fingerprint density at radius 2 is 2.33 bits per heavy atom. The van der Waals surface area contributed by atoms with Crippen molar-refractivity contribution in [2.45, 2.75) is 32.2 Å². The molecule has 0 amide bonds. The van der Waals surface area contributed by atoms with E-state index in [1.807, 2.05) is 18.7 Å². The van der Waals surface area contributed by atoms with Crippen LogP contribution in [0.3, 0.4) is 0 Å². The molecule has 0 aliphatic heterocycles. The highest BCUT2D eigenvalue weighted by molar-refractivity contribution is 5.46. The van der Waals surface area contributed by atoms with Crippen molar-refractivity contribution in [2.24, 2.45) is 7.05 Å². The Morgan fingerprint density at radius 3 is 2.94 bits per heavy atom. The predicted octanol–water partition coefficient (Wildman–Crippen LogP) is 1.40. The Kier molecular flexibility index (Phi) is 4.09. The number of likely N-dealkylation sites (N-methyl/N-ethyl adjacent to an activating group) is 1. The maximum atomic E-state index is 5.28. The molecule has 0 aliphatic rings. The summed E-state index contributed by atoms with van der Waals surface area (Å²) in [7, 11) is 3.87. The van der Waals surface area contributed by atoms with Crippen LogP contribution in [0, 0.1) is 0 Å². The Balaban J connectivity index is 2.09. The first-order valence-electron chi connectivity index (χ1n) is 6.21. The molecule has 1 N–H and O–H groups in total. The van der Waals surface area contributed by atoms with Gasteiger partial charge in [-0.1, -0.05) is 18.5 Å². The van der Waals surface area contributed by atoms with Crippen molar-refractivity contribution in [3.8, 4) is 11.5 Å². The minimum atomic E-state index is 0.384. The van der Waals surface area contributed by atoms with Crippen LogP contribution in [0.25, 0.3) is 11.5 Å². The SMILES string of the molecule is CCCC(Cc1nc(-c2cncn2C)no1)NC. The molecule has 2 rings (SSSR count). The Labute approximate surface area is 106 Å². The quantitative estimate of drug-likeness (QED) is 0.838. The van der Waals surface area contributed by atoms with Gasteiger partial charge in [-0.2, -0.15) is 4.98 Å². The van der Waals surface area contributed by atoms with Crippen LogP contribution in [0.4, 0.5) is 0 Å². The van der Waals surface area contributed by atoms with Gasteiger partial charge < -0.3 is 14.4 Å². The van der Waals surface area contributed by atoms with Crippen molar-refractivity contribution < 1.29 is 4.52 Å². The molecule has 98 valence electrons. The van der Waals surface area contributed by atoms with Gasteiger partial charge in [-0.25, -0.2) is 4.98 Å². The maximum absolute atomic E-state index is 5.28. The summed E-state index contributed by atoms with van der Waals surface area (Å²) in [4.78, 5) is 8.45. The third-order valence-electron chi connectivity index (χ3n) is 2.98. The monoisotopic (exact) mass is 249 g/mol. The third kappa shape index (κ3) is 2.76. The zero-order valence-corrected chi connectivity index (χ0v) is 11.1. The maximum Gasteiger partial charge on any atom is 0.228 e. The number of rotatable bonds is 6. The summed E-state index contributed by atoms with van der Waals surface area (Å²) in [5.41, 5.74) is 0.862. The summed E-state index contributed by atoms with van der Waals surface area (Å²) in [6, 6.07) is 0.384. The molecule has 2 aromatic heterocycles. The van der Waals surface area contributed by atoms with Crippen LogP contribution in [0.1, 0.15) is 25.7 Å². The molecule has 6 heteroatoms. The Morgan fingerprint density at radius 1 is 1.50 bits per heavy atom. The fourth-order valence-corrected chi connectivity index (χ4v) is 1.92. The minimum Gasteiger partial charge on any atom is -0.339 e. The van der Waals surface area contributed by atoms with Gasteiger partial charge in [-0.05, 0) is 13.5 Å². The molecule has 1 unspecified atom stereocenters. The van der Waals surface area contributed by atoms with E-state index in [0.29, 0.717) is 17.8 Å². The second kappa shape index (κ2) is 5.77. The second-order valence-corrected chi connectivity index (χ2v) is 4.38. The van der Waals surface area contributed by atoms with E-state index in [4.69, 9.17) is 4.52 Å². The number of aromatic nitrogens is 4. The number of hydrogen-bond acceptors (Lipinski definition) is 5. The predicted molar refractivity (Wildman–Crippen MR) is 68.0 cm³/mol. The molecule has 2 heterocycles. The van der Waals surface area contributed by atoms with Gasteiger partial charge in [0.05, 0.1) is 12.5 Å². The first kappa shape index (κ1) is 12.8. The fourth-order valence-electron chi connectivity index (χ4n) is 1.92. The van der Waals surface area contributed by atoms with Crippen molar-refractivity contribution in [2.75, 3.05) is 7.05 Å². The molecule has 0 saturated carbocycles. The van der Waals surface area contributed by atoms with E-state index in [1.54, 1.807) is 12.5 Å². The molecular formula is C12H19N5O. The Hall–Kier alpha value is -1.69. The summed E-state index contributed by atoms with van der Waals surface area (Å²) >= 11 is 0. The van der Waals surface area contributed by atoms with Gasteiger partial charge in [0.2, 0.25) is 11.7 Å². The van der Waals surface area contributed by atoms with E-state index in [-0.39, 0.29) is 0 Å². The summed E-state index contributed by atoms with van der Waals surface area (Å²) in [5, 5.41) is 7.25. The van der Waals surface area contributed by atoms with Crippen LogP contribution >= 0.6 is 0 Å². The Bertz CT molecular complexity index is 490. The van der Waals surface area contributed by atoms with Crippen molar-refractivity contribution >= 4 is 0 Å². The number of hydrogen-bond donors (Lipinski definition) is 1. The highest BCUT2D eigenvalue weighted by Crippen LogP contribution is 2.15. The number of imidazole rings is 1. The molecule has 0 aromatic carbocycles. The topological polar surface area (TPSA) is 68.8 Å². The van der Waals surface area contributed by atoms with Crippen LogP contribution in [-0.2, 0) is 13.5 Å². The lowest BCUT2D eigenvalue weighted by atomic mass is 10.1.